The van der Waals surface area contributed by atoms with Gasteiger partial charge in [-0.25, -0.2) is 0 Å². The average molecular weight is 236 g/mol. The Morgan fingerprint density at radius 3 is 2.33 bits per heavy atom. The molecule has 1 amide bonds. The first-order valence-electron chi connectivity index (χ1n) is 4.18. The molecule has 0 saturated heterocycles. The van der Waals surface area contributed by atoms with E-state index in [2.05, 4.69) is 11.9 Å². The summed E-state index contributed by atoms with van der Waals surface area (Å²) in [5.74, 6) is -1.10. The normalized spacial score (nSPS) is 15.8. The topological polar surface area (TPSA) is 86.7 Å². The van der Waals surface area contributed by atoms with Gasteiger partial charge in [0.25, 0.3) is 10.1 Å². The first kappa shape index (κ1) is 14.1. The van der Waals surface area contributed by atoms with Gasteiger partial charge in [0.05, 0.1) is 0 Å². The van der Waals surface area contributed by atoms with Crippen molar-refractivity contribution in [1.82, 2.24) is 10.2 Å². The average Bonchev–Trinajstić information content (AvgIpc) is 2.00. The lowest BCUT2D eigenvalue weighted by atomic mass is 10.2. The van der Waals surface area contributed by atoms with Crippen LogP contribution in [-0.4, -0.2) is 49.3 Å². The zero-order valence-electron chi connectivity index (χ0n) is 9.02. The zero-order chi connectivity index (χ0) is 12.3. The van der Waals surface area contributed by atoms with Gasteiger partial charge in [0.1, 0.15) is 11.4 Å². The summed E-state index contributed by atoms with van der Waals surface area (Å²) in [6.07, 6.45) is 1.03. The molecule has 0 heterocycles. The SMILES string of the molecule is C=CC(=O)NC(C)(CS(=O)(=O)O)N(C)C. The maximum absolute atomic E-state index is 11.1. The standard InChI is InChI=1S/C8H16N2O4S/c1-5-7(11)9-8(2,10(3)4)6-15(12,13)14/h5H,1,6H2,2-4H3,(H,9,11)(H,12,13,14). The molecular formula is C8H16N2O4S. The van der Waals surface area contributed by atoms with Gasteiger partial charge in [-0.15, -0.1) is 0 Å². The number of rotatable bonds is 5. The van der Waals surface area contributed by atoms with Gasteiger partial charge in [-0.2, -0.15) is 8.42 Å². The second kappa shape index (κ2) is 4.73. The van der Waals surface area contributed by atoms with Crippen molar-refractivity contribution in [1.29, 1.82) is 0 Å². The summed E-state index contributed by atoms with van der Waals surface area (Å²) < 4.78 is 30.3. The second-order valence-corrected chi connectivity index (χ2v) is 5.04. The van der Waals surface area contributed by atoms with E-state index in [0.29, 0.717) is 0 Å². The molecule has 1 atom stereocenters. The molecule has 0 aromatic carbocycles. The van der Waals surface area contributed by atoms with E-state index in [0.717, 1.165) is 6.08 Å². The van der Waals surface area contributed by atoms with Gasteiger partial charge in [-0.3, -0.25) is 14.2 Å². The Labute approximate surface area is 89.7 Å². The third-order valence-corrected chi connectivity index (χ3v) is 2.96. The fourth-order valence-electron chi connectivity index (χ4n) is 0.949. The van der Waals surface area contributed by atoms with Gasteiger partial charge in [0, 0.05) is 0 Å². The van der Waals surface area contributed by atoms with Gasteiger partial charge >= 0.3 is 0 Å². The van der Waals surface area contributed by atoms with E-state index in [1.807, 2.05) is 0 Å². The van der Waals surface area contributed by atoms with Gasteiger partial charge in [-0.1, -0.05) is 6.58 Å². The van der Waals surface area contributed by atoms with Crippen LogP contribution in [0.4, 0.5) is 0 Å². The molecule has 0 saturated carbocycles. The summed E-state index contributed by atoms with van der Waals surface area (Å²) in [5.41, 5.74) is -1.17. The van der Waals surface area contributed by atoms with Crippen molar-refractivity contribution in [3.05, 3.63) is 12.7 Å². The minimum Gasteiger partial charge on any atom is -0.333 e. The predicted octanol–water partition coefficient (Wildman–Crippen LogP) is -0.546. The maximum Gasteiger partial charge on any atom is 0.268 e. The molecule has 0 fully saturated rings. The molecule has 0 spiro atoms. The largest absolute Gasteiger partial charge is 0.333 e. The third kappa shape index (κ3) is 4.91. The van der Waals surface area contributed by atoms with Crippen molar-refractivity contribution in [3.63, 3.8) is 0 Å². The van der Waals surface area contributed by atoms with Crippen LogP contribution >= 0.6 is 0 Å². The summed E-state index contributed by atoms with van der Waals surface area (Å²) in [4.78, 5) is 12.6. The Kier molecular flexibility index (Phi) is 4.44. The first-order valence-corrected chi connectivity index (χ1v) is 5.79. The van der Waals surface area contributed by atoms with Gasteiger partial charge < -0.3 is 5.32 Å². The van der Waals surface area contributed by atoms with E-state index in [1.54, 1.807) is 14.1 Å². The van der Waals surface area contributed by atoms with Crippen LogP contribution in [0.25, 0.3) is 0 Å². The van der Waals surface area contributed by atoms with Crippen molar-refractivity contribution < 1.29 is 17.8 Å². The minimum atomic E-state index is -4.17. The van der Waals surface area contributed by atoms with Crippen LogP contribution in [-0.2, 0) is 14.9 Å². The molecule has 0 radical (unpaired) electrons. The molecule has 0 aromatic heterocycles. The van der Waals surface area contributed by atoms with Gasteiger partial charge in [0.2, 0.25) is 5.91 Å². The Morgan fingerprint density at radius 1 is 1.60 bits per heavy atom. The van der Waals surface area contributed by atoms with Crippen LogP contribution in [0.15, 0.2) is 12.7 Å². The van der Waals surface area contributed by atoms with Crippen LogP contribution in [0, 0.1) is 0 Å². The fourth-order valence-corrected chi connectivity index (χ4v) is 1.99. The number of nitrogens with one attached hydrogen (secondary N) is 1. The van der Waals surface area contributed by atoms with Crippen molar-refractivity contribution in [3.8, 4) is 0 Å². The first-order chi connectivity index (χ1) is 6.60. The van der Waals surface area contributed by atoms with E-state index in [9.17, 15) is 13.2 Å². The highest BCUT2D eigenvalue weighted by Crippen LogP contribution is 2.10. The zero-order valence-corrected chi connectivity index (χ0v) is 9.84. The lowest BCUT2D eigenvalue weighted by Crippen LogP contribution is -2.59. The molecule has 1 unspecified atom stereocenters. The molecule has 0 aliphatic rings. The Balaban J connectivity index is 4.91. The van der Waals surface area contributed by atoms with Gasteiger partial charge in [-0.05, 0) is 27.1 Å². The smallest absolute Gasteiger partial charge is 0.268 e. The van der Waals surface area contributed by atoms with Crippen LogP contribution < -0.4 is 5.32 Å². The molecular weight excluding hydrogens is 220 g/mol. The highest BCUT2D eigenvalue weighted by molar-refractivity contribution is 7.85. The molecule has 0 bridgehead atoms. The van der Waals surface area contributed by atoms with E-state index >= 15 is 0 Å². The molecule has 0 aliphatic heterocycles. The number of carbonyl (C=O) groups is 1. The summed E-state index contributed by atoms with van der Waals surface area (Å²) >= 11 is 0. The Hall–Kier alpha value is -0.920. The summed E-state index contributed by atoms with van der Waals surface area (Å²) in [6, 6.07) is 0. The Bertz CT molecular complexity index is 350. The fraction of sp³-hybridized carbons (Fsp3) is 0.625. The van der Waals surface area contributed by atoms with Crippen molar-refractivity contribution in [2.24, 2.45) is 0 Å². The number of hydrogen-bond acceptors (Lipinski definition) is 4. The Morgan fingerprint density at radius 2 is 2.07 bits per heavy atom. The summed E-state index contributed by atoms with van der Waals surface area (Å²) in [7, 11) is -0.988. The van der Waals surface area contributed by atoms with E-state index in [-0.39, 0.29) is 0 Å². The molecule has 0 aliphatic carbocycles. The number of amides is 1. The van der Waals surface area contributed by atoms with Crippen molar-refractivity contribution >= 4 is 16.0 Å². The van der Waals surface area contributed by atoms with E-state index < -0.39 is 27.4 Å². The lowest BCUT2D eigenvalue weighted by Gasteiger charge is -2.35. The van der Waals surface area contributed by atoms with Crippen molar-refractivity contribution in [2.75, 3.05) is 19.8 Å². The third-order valence-electron chi connectivity index (χ3n) is 2.03. The van der Waals surface area contributed by atoms with Crippen LogP contribution in [0.1, 0.15) is 6.92 Å². The van der Waals surface area contributed by atoms with Crippen LogP contribution in [0.3, 0.4) is 0 Å². The second-order valence-electron chi connectivity index (χ2n) is 3.59. The van der Waals surface area contributed by atoms with Crippen molar-refractivity contribution in [2.45, 2.75) is 12.6 Å². The van der Waals surface area contributed by atoms with E-state index in [4.69, 9.17) is 4.55 Å². The summed E-state index contributed by atoms with van der Waals surface area (Å²) in [6.45, 7) is 4.75. The van der Waals surface area contributed by atoms with Crippen LogP contribution in [0.2, 0.25) is 0 Å². The highest BCUT2D eigenvalue weighted by Gasteiger charge is 2.33. The monoisotopic (exact) mass is 236 g/mol. The number of carbonyl (C=O) groups excluding carboxylic acids is 1. The lowest BCUT2D eigenvalue weighted by molar-refractivity contribution is -0.119. The molecule has 15 heavy (non-hydrogen) atoms. The molecule has 88 valence electrons. The molecule has 0 rings (SSSR count). The minimum absolute atomic E-state index is 0.505. The molecule has 6 nitrogen and oxygen atoms in total. The molecule has 0 aromatic rings. The van der Waals surface area contributed by atoms with E-state index in [1.165, 1.54) is 11.8 Å². The molecule has 2 N–H and O–H groups in total. The van der Waals surface area contributed by atoms with Gasteiger partial charge in [0.15, 0.2) is 0 Å². The highest BCUT2D eigenvalue weighted by atomic mass is 32.2. The quantitative estimate of drug-likeness (QED) is 0.380. The van der Waals surface area contributed by atoms with Crippen LogP contribution in [0.5, 0.6) is 0 Å². The molecule has 7 heteroatoms. The predicted molar refractivity (Wildman–Crippen MR) is 56.8 cm³/mol. The maximum atomic E-state index is 11.1. The number of nitrogens with zero attached hydrogens (tertiary/aromatic N) is 1. The summed E-state index contributed by atoms with van der Waals surface area (Å²) in [5, 5.41) is 2.43. The number of hydrogen-bond donors (Lipinski definition) is 2.